The molecule has 3 heterocycles. The summed E-state index contributed by atoms with van der Waals surface area (Å²) >= 11 is 1.66. The highest BCUT2D eigenvalue weighted by Crippen LogP contribution is 2.45. The number of phenolic OH excluding ortho intramolecular Hbond substituents is 1. The van der Waals surface area contributed by atoms with E-state index in [1.165, 1.54) is 12.1 Å². The number of hydrogen-bond acceptors (Lipinski definition) is 6. The Hall–Kier alpha value is -3.59. The van der Waals surface area contributed by atoms with Gasteiger partial charge in [0, 0.05) is 62.0 Å². The number of halogens is 1. The minimum Gasteiger partial charge on any atom is -0.505 e. The van der Waals surface area contributed by atoms with Crippen molar-refractivity contribution in [1.29, 1.82) is 0 Å². The summed E-state index contributed by atoms with van der Waals surface area (Å²) in [4.78, 5) is 23.5. The summed E-state index contributed by atoms with van der Waals surface area (Å²) in [6.07, 6.45) is 8.10. The van der Waals surface area contributed by atoms with Crippen molar-refractivity contribution >= 4 is 34.4 Å². The van der Waals surface area contributed by atoms with Gasteiger partial charge in [0.15, 0.2) is 5.75 Å². The quantitative estimate of drug-likeness (QED) is 0.295. The molecule has 1 aliphatic heterocycles. The predicted molar refractivity (Wildman–Crippen MR) is 131 cm³/mol. The maximum Gasteiger partial charge on any atom is 0.258 e. The molecule has 2 aromatic carbocycles. The van der Waals surface area contributed by atoms with Gasteiger partial charge in [-0.15, -0.1) is 0 Å². The van der Waals surface area contributed by atoms with Crippen molar-refractivity contribution < 1.29 is 14.3 Å². The second-order valence-corrected chi connectivity index (χ2v) is 9.44. The zero-order chi connectivity index (χ0) is 23.7. The van der Waals surface area contributed by atoms with Crippen molar-refractivity contribution in [1.82, 2.24) is 19.4 Å². The Morgan fingerprint density at radius 2 is 2.03 bits per heavy atom. The van der Waals surface area contributed by atoms with E-state index in [0.717, 1.165) is 40.9 Å². The van der Waals surface area contributed by atoms with Gasteiger partial charge in [0.1, 0.15) is 11.3 Å². The lowest BCUT2D eigenvalue weighted by molar-refractivity contribution is 0.0764. The van der Waals surface area contributed by atoms with Crippen LogP contribution in [0.4, 0.5) is 10.1 Å². The molecule has 9 heteroatoms. The number of amides is 1. The summed E-state index contributed by atoms with van der Waals surface area (Å²) < 4.78 is 17.4. The van der Waals surface area contributed by atoms with E-state index in [4.69, 9.17) is 0 Å². The number of aromatic nitrogens is 3. The number of nitrogens with zero attached hydrogens (tertiary/aromatic N) is 5. The van der Waals surface area contributed by atoms with Crippen LogP contribution in [0.15, 0.2) is 61.3 Å². The van der Waals surface area contributed by atoms with Crippen LogP contribution in [0.3, 0.4) is 0 Å². The summed E-state index contributed by atoms with van der Waals surface area (Å²) in [5.41, 5.74) is 3.22. The van der Waals surface area contributed by atoms with Gasteiger partial charge in [0.2, 0.25) is 0 Å². The number of aryl methyl sites for hydroxylation is 1. The first-order chi connectivity index (χ1) is 16.5. The molecule has 1 aliphatic rings. The molecule has 0 spiro atoms. The second kappa shape index (κ2) is 9.34. The van der Waals surface area contributed by atoms with Gasteiger partial charge in [0.05, 0.1) is 17.6 Å². The molecule has 174 valence electrons. The average molecular weight is 478 g/mol. The fraction of sp³-hybridized carbons (Fsp3) is 0.240. The summed E-state index contributed by atoms with van der Waals surface area (Å²) in [6.45, 7) is 1.57. The molecule has 0 saturated carbocycles. The van der Waals surface area contributed by atoms with Gasteiger partial charge in [-0.1, -0.05) is 24.1 Å². The number of fused-ring (bicyclic) bond motifs is 2. The Kier molecular flexibility index (Phi) is 6.10. The van der Waals surface area contributed by atoms with Crippen molar-refractivity contribution in [3.63, 3.8) is 0 Å². The van der Waals surface area contributed by atoms with Crippen molar-refractivity contribution in [2.24, 2.45) is 0 Å². The van der Waals surface area contributed by atoms with E-state index in [1.807, 2.05) is 36.3 Å². The highest BCUT2D eigenvalue weighted by molar-refractivity contribution is 8.00. The Bertz CT molecular complexity index is 1330. The normalized spacial score (nSPS) is 13.0. The maximum atomic E-state index is 13.3. The van der Waals surface area contributed by atoms with Gasteiger partial charge < -0.3 is 18.9 Å². The minimum absolute atomic E-state index is 0.0838. The Balaban J connectivity index is 1.43. The van der Waals surface area contributed by atoms with Crippen molar-refractivity contribution in [2.75, 3.05) is 17.1 Å². The molecule has 0 radical (unpaired) electrons. The van der Waals surface area contributed by atoms with E-state index < -0.39 is 0 Å². The molecule has 4 aromatic rings. The fourth-order valence-corrected chi connectivity index (χ4v) is 5.23. The number of imidazole rings is 1. The highest BCUT2D eigenvalue weighted by Gasteiger charge is 2.36. The second-order valence-electron chi connectivity index (χ2n) is 8.22. The molecule has 0 bridgehead atoms. The third-order valence-corrected chi connectivity index (χ3v) is 7.01. The lowest BCUT2D eigenvalue weighted by Crippen LogP contribution is -2.23. The molecule has 5 rings (SSSR count). The number of pyridine rings is 1. The number of carbonyl (C=O) groups is 1. The summed E-state index contributed by atoms with van der Waals surface area (Å²) in [5.74, 6) is 0.228. The van der Waals surface area contributed by atoms with E-state index in [1.54, 1.807) is 41.4 Å². The van der Waals surface area contributed by atoms with Crippen LogP contribution in [0.2, 0.25) is 0 Å². The lowest BCUT2D eigenvalue weighted by atomic mass is 10.0. The van der Waals surface area contributed by atoms with Crippen LogP contribution in [0.25, 0.3) is 10.9 Å². The fourth-order valence-electron chi connectivity index (χ4n) is 4.36. The third-order valence-electron chi connectivity index (χ3n) is 5.97. The first kappa shape index (κ1) is 22.2. The van der Waals surface area contributed by atoms with Crippen LogP contribution in [0, 0.1) is 5.82 Å². The summed E-state index contributed by atoms with van der Waals surface area (Å²) in [6, 6.07) is 9.88. The molecule has 2 aromatic heterocycles. The number of carbonyl (C=O) groups excluding carboxylic acids is 1. The number of phenols is 1. The highest BCUT2D eigenvalue weighted by atomic mass is 32.2. The first-order valence-corrected chi connectivity index (χ1v) is 12.0. The Morgan fingerprint density at radius 1 is 1.21 bits per heavy atom. The van der Waals surface area contributed by atoms with Gasteiger partial charge in [-0.3, -0.25) is 9.78 Å². The van der Waals surface area contributed by atoms with Gasteiger partial charge >= 0.3 is 0 Å². The number of aromatic hydroxyl groups is 1. The smallest absolute Gasteiger partial charge is 0.258 e. The van der Waals surface area contributed by atoms with E-state index in [9.17, 15) is 14.3 Å². The number of anilines is 1. The summed E-state index contributed by atoms with van der Waals surface area (Å²) in [7, 11) is 1.98. The number of benzene rings is 2. The topological polar surface area (TPSA) is 74.5 Å². The molecule has 1 N–H and O–H groups in total. The van der Waals surface area contributed by atoms with Crippen LogP contribution in [-0.2, 0) is 19.6 Å². The predicted octanol–water partition coefficient (Wildman–Crippen LogP) is 4.61. The maximum absolute atomic E-state index is 13.3. The van der Waals surface area contributed by atoms with Crippen LogP contribution >= 0.6 is 11.9 Å². The molecule has 0 atom stereocenters. The number of rotatable bonds is 8. The van der Waals surface area contributed by atoms with Crippen LogP contribution in [0.5, 0.6) is 5.75 Å². The van der Waals surface area contributed by atoms with E-state index in [2.05, 4.69) is 14.3 Å². The van der Waals surface area contributed by atoms with Gasteiger partial charge in [-0.2, -0.15) is 0 Å². The van der Waals surface area contributed by atoms with Crippen molar-refractivity contribution in [3.8, 4) is 5.75 Å². The first-order valence-electron chi connectivity index (χ1n) is 11.0. The molecular formula is C25H24FN5O2S. The average Bonchev–Trinajstić information content (AvgIpc) is 3.47. The van der Waals surface area contributed by atoms with Gasteiger partial charge in [-0.05, 0) is 36.2 Å². The zero-order valence-electron chi connectivity index (χ0n) is 18.7. The largest absolute Gasteiger partial charge is 0.505 e. The van der Waals surface area contributed by atoms with E-state index in [0.29, 0.717) is 24.2 Å². The standard InChI is InChI=1S/C25H24FN5O2S/c1-29(34-13-3-11-30-12-10-27-16-30)23-19-4-2-9-28-22(19)24(32)21-20(23)15-31(25(21)33)14-17-5-7-18(26)8-6-17/h2,4-10,12,16,32H,3,11,13-15H2,1H3. The SMILES string of the molecule is CN(SCCCn1ccnc1)c1c2c(c(O)c3ncccc13)C(=O)N(Cc1ccc(F)cc1)C2. The molecule has 0 fully saturated rings. The molecule has 0 unspecified atom stereocenters. The zero-order valence-corrected chi connectivity index (χ0v) is 19.5. The molecule has 0 aliphatic carbocycles. The van der Waals surface area contributed by atoms with Gasteiger partial charge in [0.25, 0.3) is 5.91 Å². The third kappa shape index (κ3) is 4.19. The Labute approximate surface area is 201 Å². The van der Waals surface area contributed by atoms with Gasteiger partial charge in [-0.25, -0.2) is 9.37 Å². The lowest BCUT2D eigenvalue weighted by Gasteiger charge is -2.23. The van der Waals surface area contributed by atoms with Crippen LogP contribution < -0.4 is 4.31 Å². The Morgan fingerprint density at radius 3 is 2.79 bits per heavy atom. The van der Waals surface area contributed by atoms with Crippen LogP contribution in [-0.4, -0.2) is 43.2 Å². The molecule has 34 heavy (non-hydrogen) atoms. The van der Waals surface area contributed by atoms with Crippen LogP contribution in [0.1, 0.15) is 27.9 Å². The number of hydrogen-bond donors (Lipinski definition) is 1. The minimum atomic E-state index is -0.316. The van der Waals surface area contributed by atoms with Crippen molar-refractivity contribution in [2.45, 2.75) is 26.1 Å². The molecule has 1 amide bonds. The molecular weight excluding hydrogens is 453 g/mol. The van der Waals surface area contributed by atoms with Crippen molar-refractivity contribution in [3.05, 3.63) is 83.8 Å². The van der Waals surface area contributed by atoms with E-state index >= 15 is 0 Å². The molecule has 0 saturated heterocycles. The molecule has 7 nitrogen and oxygen atoms in total. The monoisotopic (exact) mass is 477 g/mol. The summed E-state index contributed by atoms with van der Waals surface area (Å²) in [5, 5.41) is 11.8. The van der Waals surface area contributed by atoms with E-state index in [-0.39, 0.29) is 17.5 Å².